The van der Waals surface area contributed by atoms with Crippen LogP contribution >= 0.6 is 0 Å². The first-order chi connectivity index (χ1) is 12.4. The van der Waals surface area contributed by atoms with Crippen LogP contribution in [0.5, 0.6) is 0 Å². The summed E-state index contributed by atoms with van der Waals surface area (Å²) >= 11 is 0. The summed E-state index contributed by atoms with van der Waals surface area (Å²) in [5, 5.41) is 2.34. The van der Waals surface area contributed by atoms with E-state index in [1.165, 1.54) is 16.5 Å². The zero-order valence-corrected chi connectivity index (χ0v) is 15.8. The van der Waals surface area contributed by atoms with Crippen molar-refractivity contribution in [3.8, 4) is 0 Å². The molecule has 0 atom stereocenters. The Morgan fingerprint density at radius 1 is 0.846 bits per heavy atom. The molecule has 0 bridgehead atoms. The molecular weight excluding hydrogens is 322 g/mol. The molecule has 5 nitrogen and oxygen atoms in total. The topological polar surface area (TPSA) is 70.2 Å². The van der Waals surface area contributed by atoms with Crippen LogP contribution in [0.25, 0.3) is 22.1 Å². The summed E-state index contributed by atoms with van der Waals surface area (Å²) in [4.78, 5) is 19.4. The molecule has 4 rings (SSSR count). The monoisotopic (exact) mass is 347 g/mol. The number of nitrogens with one attached hydrogen (secondary N) is 2. The highest BCUT2D eigenvalue weighted by Crippen LogP contribution is 2.39. The van der Waals surface area contributed by atoms with Crippen LogP contribution in [0.1, 0.15) is 51.7 Å². The number of H-pyrrole nitrogens is 2. The predicted octanol–water partition coefficient (Wildman–Crippen LogP) is 4.87. The Balaban J connectivity index is 1.62. The van der Waals surface area contributed by atoms with Gasteiger partial charge in [0.05, 0.1) is 0 Å². The summed E-state index contributed by atoms with van der Waals surface area (Å²) in [5.74, 6) is 0. The molecule has 0 amide bonds. The van der Waals surface area contributed by atoms with Crippen LogP contribution in [0, 0.1) is 0 Å². The summed E-state index contributed by atoms with van der Waals surface area (Å²) in [5.41, 5.74) is 4.59. The largest absolute Gasteiger partial charge is 0.346 e. The smallest absolute Gasteiger partial charge is 0.140 e. The Labute approximate surface area is 153 Å². The minimum Gasteiger partial charge on any atom is -0.346 e. The van der Waals surface area contributed by atoms with Crippen molar-refractivity contribution in [1.29, 1.82) is 0 Å². The maximum atomic E-state index is 4.43. The Kier molecular flexibility index (Phi) is 3.83. The van der Waals surface area contributed by atoms with Crippen LogP contribution in [0.4, 0.5) is 0 Å². The summed E-state index contributed by atoms with van der Waals surface area (Å²) < 4.78 is 0. The first-order valence-corrected chi connectivity index (χ1v) is 9.09. The van der Waals surface area contributed by atoms with E-state index < -0.39 is 0 Å². The van der Waals surface area contributed by atoms with Gasteiger partial charge in [-0.15, -0.1) is 0 Å². The highest BCUT2D eigenvalue weighted by molar-refractivity contribution is 5.81. The zero-order chi connectivity index (χ0) is 18.4. The molecule has 0 aliphatic heterocycles. The number of pyridine rings is 1. The molecule has 0 saturated heterocycles. The fourth-order valence-corrected chi connectivity index (χ4v) is 3.87. The van der Waals surface area contributed by atoms with Crippen LogP contribution in [0.15, 0.2) is 43.2 Å². The molecule has 0 spiro atoms. The molecule has 0 fully saturated rings. The van der Waals surface area contributed by atoms with E-state index >= 15 is 0 Å². The minimum atomic E-state index is 0.0323. The number of aromatic amines is 2. The number of fused-ring (bicyclic) bond motifs is 2. The summed E-state index contributed by atoms with van der Waals surface area (Å²) in [7, 11) is 0. The van der Waals surface area contributed by atoms with E-state index in [0.717, 1.165) is 29.5 Å². The van der Waals surface area contributed by atoms with Gasteiger partial charge in [0.15, 0.2) is 0 Å². The second-order valence-electron chi connectivity index (χ2n) is 8.35. The van der Waals surface area contributed by atoms with E-state index in [1.54, 1.807) is 6.33 Å². The van der Waals surface area contributed by atoms with E-state index in [9.17, 15) is 0 Å². The first-order valence-electron chi connectivity index (χ1n) is 9.09. The standard InChI is InChI=1S/C21H25N5/c1-20(2,16-6-10-24-18-14(16)5-9-23-18)7-8-21(3,4)17-12-25-19-15(17)11-22-13-26-19/h5-6,9-13H,7-8H2,1-4H3,(H,23,24)(H,22,25,26). The molecule has 26 heavy (non-hydrogen) atoms. The fraction of sp³-hybridized carbons (Fsp3) is 0.381. The van der Waals surface area contributed by atoms with Gasteiger partial charge in [-0.25, -0.2) is 15.0 Å². The van der Waals surface area contributed by atoms with Gasteiger partial charge in [-0.2, -0.15) is 0 Å². The van der Waals surface area contributed by atoms with Gasteiger partial charge in [-0.1, -0.05) is 27.7 Å². The second kappa shape index (κ2) is 5.94. The molecule has 0 radical (unpaired) electrons. The highest BCUT2D eigenvalue weighted by Gasteiger charge is 2.30. The van der Waals surface area contributed by atoms with Gasteiger partial charge in [0, 0.05) is 35.6 Å². The summed E-state index contributed by atoms with van der Waals surface area (Å²) in [6, 6.07) is 4.28. The number of rotatable bonds is 5. The van der Waals surface area contributed by atoms with E-state index in [1.807, 2.05) is 18.6 Å². The Morgan fingerprint density at radius 2 is 1.58 bits per heavy atom. The van der Waals surface area contributed by atoms with Gasteiger partial charge < -0.3 is 9.97 Å². The van der Waals surface area contributed by atoms with Crippen molar-refractivity contribution in [2.24, 2.45) is 0 Å². The highest BCUT2D eigenvalue weighted by atomic mass is 14.9. The van der Waals surface area contributed by atoms with Crippen molar-refractivity contribution >= 4 is 22.1 Å². The Hall–Kier alpha value is -2.69. The van der Waals surface area contributed by atoms with Gasteiger partial charge in [0.1, 0.15) is 17.6 Å². The quantitative estimate of drug-likeness (QED) is 0.541. The average molecular weight is 347 g/mol. The molecule has 0 aromatic carbocycles. The van der Waals surface area contributed by atoms with Crippen LogP contribution in [0.3, 0.4) is 0 Å². The van der Waals surface area contributed by atoms with Gasteiger partial charge in [0.2, 0.25) is 0 Å². The van der Waals surface area contributed by atoms with Gasteiger partial charge in [-0.05, 0) is 46.9 Å². The van der Waals surface area contributed by atoms with Gasteiger partial charge in [-0.3, -0.25) is 0 Å². The predicted molar refractivity (Wildman–Crippen MR) is 105 cm³/mol. The van der Waals surface area contributed by atoms with Gasteiger partial charge >= 0.3 is 0 Å². The Morgan fingerprint density at radius 3 is 2.38 bits per heavy atom. The molecule has 134 valence electrons. The molecule has 4 aromatic rings. The lowest BCUT2D eigenvalue weighted by atomic mass is 9.72. The lowest BCUT2D eigenvalue weighted by molar-refractivity contribution is 0.378. The van der Waals surface area contributed by atoms with Crippen molar-refractivity contribution < 1.29 is 0 Å². The van der Waals surface area contributed by atoms with Crippen LogP contribution in [-0.2, 0) is 10.8 Å². The van der Waals surface area contributed by atoms with Crippen molar-refractivity contribution in [1.82, 2.24) is 24.9 Å². The van der Waals surface area contributed by atoms with E-state index in [-0.39, 0.29) is 10.8 Å². The third kappa shape index (κ3) is 2.77. The van der Waals surface area contributed by atoms with Crippen LogP contribution in [0.2, 0.25) is 0 Å². The number of aromatic nitrogens is 5. The molecular formula is C21H25N5. The summed E-state index contributed by atoms with van der Waals surface area (Å²) in [6.45, 7) is 9.25. The minimum absolute atomic E-state index is 0.0323. The molecule has 4 aromatic heterocycles. The molecule has 0 aliphatic rings. The molecule has 4 heterocycles. The van der Waals surface area contributed by atoms with Gasteiger partial charge in [0.25, 0.3) is 0 Å². The SMILES string of the molecule is CC(C)(CCC(C)(C)c1c[nH]c2ncncc12)c1ccnc2[nH]ccc12. The number of hydrogen-bond donors (Lipinski definition) is 2. The Bertz CT molecular complexity index is 1050. The van der Waals surface area contributed by atoms with E-state index in [2.05, 4.69) is 70.9 Å². The van der Waals surface area contributed by atoms with Crippen LogP contribution < -0.4 is 0 Å². The van der Waals surface area contributed by atoms with Crippen molar-refractivity contribution in [2.45, 2.75) is 51.4 Å². The zero-order valence-electron chi connectivity index (χ0n) is 15.8. The summed E-state index contributed by atoms with van der Waals surface area (Å²) in [6.07, 6.45) is 11.6. The molecule has 0 unspecified atom stereocenters. The second-order valence-corrected chi connectivity index (χ2v) is 8.35. The maximum Gasteiger partial charge on any atom is 0.140 e. The third-order valence-corrected chi connectivity index (χ3v) is 5.65. The number of nitrogens with zero attached hydrogens (tertiary/aromatic N) is 3. The van der Waals surface area contributed by atoms with E-state index in [0.29, 0.717) is 0 Å². The van der Waals surface area contributed by atoms with Crippen molar-refractivity contribution in [3.63, 3.8) is 0 Å². The molecule has 5 heteroatoms. The van der Waals surface area contributed by atoms with Crippen molar-refractivity contribution in [2.75, 3.05) is 0 Å². The van der Waals surface area contributed by atoms with Crippen molar-refractivity contribution in [3.05, 3.63) is 54.4 Å². The first kappa shape index (κ1) is 16.8. The molecule has 0 saturated carbocycles. The normalized spacial score (nSPS) is 12.9. The number of hydrogen-bond acceptors (Lipinski definition) is 3. The average Bonchev–Trinajstić information content (AvgIpc) is 3.26. The lowest BCUT2D eigenvalue weighted by Gasteiger charge is -2.32. The fourth-order valence-electron chi connectivity index (χ4n) is 3.87. The molecule has 0 aliphatic carbocycles. The molecule has 2 N–H and O–H groups in total. The lowest BCUT2D eigenvalue weighted by Crippen LogP contribution is -2.24. The third-order valence-electron chi connectivity index (χ3n) is 5.65. The van der Waals surface area contributed by atoms with Crippen LogP contribution in [-0.4, -0.2) is 24.9 Å². The van der Waals surface area contributed by atoms with E-state index in [4.69, 9.17) is 0 Å². The maximum absolute atomic E-state index is 4.43.